The Bertz CT molecular complexity index is 900. The number of hydrogen-bond acceptors (Lipinski definition) is 8. The number of methoxy groups -OCH3 is 2. The van der Waals surface area contributed by atoms with E-state index >= 15 is 0 Å². The third-order valence-electron chi connectivity index (χ3n) is 4.44. The standard InChI is InChI=1S/C19H25N5O4/c1-24(8-5-7-21-18(25)14-6-4-9-28-14)19-22-13-11-16(27-3)15(26-2)10-12(13)17(20)23-19/h6,10-11H,4-5,7-9H2,1-3H3,(H,21,25)(H2,20,22,23). The summed E-state index contributed by atoms with van der Waals surface area (Å²) in [5, 5.41) is 3.55. The SMILES string of the molecule is COc1cc2nc(N(C)CCCNC(=O)C3=CCCO3)nc(N)c2cc1OC. The van der Waals surface area contributed by atoms with Crippen molar-refractivity contribution in [2.75, 3.05) is 51.6 Å². The van der Waals surface area contributed by atoms with Crippen molar-refractivity contribution < 1.29 is 19.0 Å². The quantitative estimate of drug-likeness (QED) is 0.655. The van der Waals surface area contributed by atoms with Gasteiger partial charge in [0.05, 0.1) is 26.3 Å². The Morgan fingerprint density at radius 1 is 1.29 bits per heavy atom. The molecule has 0 spiro atoms. The van der Waals surface area contributed by atoms with Crippen molar-refractivity contribution in [2.45, 2.75) is 12.8 Å². The summed E-state index contributed by atoms with van der Waals surface area (Å²) in [4.78, 5) is 22.7. The van der Waals surface area contributed by atoms with Gasteiger partial charge in [-0.05, 0) is 18.6 Å². The molecule has 0 bridgehead atoms. The molecule has 0 aliphatic carbocycles. The van der Waals surface area contributed by atoms with E-state index in [1.165, 1.54) is 0 Å². The first kappa shape index (κ1) is 19.5. The van der Waals surface area contributed by atoms with E-state index in [4.69, 9.17) is 19.9 Å². The van der Waals surface area contributed by atoms with Gasteiger partial charge in [-0.3, -0.25) is 4.79 Å². The maximum atomic E-state index is 11.9. The molecule has 1 aromatic carbocycles. The summed E-state index contributed by atoms with van der Waals surface area (Å²) in [6.45, 7) is 1.75. The fourth-order valence-corrected chi connectivity index (χ4v) is 2.92. The number of carbonyl (C=O) groups is 1. The van der Waals surface area contributed by atoms with Crippen LogP contribution in [0.3, 0.4) is 0 Å². The predicted octanol–water partition coefficient (Wildman–Crippen LogP) is 1.48. The first-order valence-corrected chi connectivity index (χ1v) is 9.05. The number of nitrogens with two attached hydrogens (primary N) is 1. The second-order valence-electron chi connectivity index (χ2n) is 6.37. The van der Waals surface area contributed by atoms with Gasteiger partial charge in [-0.1, -0.05) is 0 Å². The van der Waals surface area contributed by atoms with E-state index in [0.717, 1.165) is 12.8 Å². The number of nitrogens with zero attached hydrogens (tertiary/aromatic N) is 3. The lowest BCUT2D eigenvalue weighted by Gasteiger charge is -2.18. The van der Waals surface area contributed by atoms with Crippen LogP contribution >= 0.6 is 0 Å². The van der Waals surface area contributed by atoms with Crippen LogP contribution < -0.4 is 25.4 Å². The van der Waals surface area contributed by atoms with Crippen LogP contribution in [0.15, 0.2) is 24.0 Å². The van der Waals surface area contributed by atoms with E-state index in [9.17, 15) is 4.79 Å². The topological polar surface area (TPSA) is 112 Å². The average molecular weight is 387 g/mol. The van der Waals surface area contributed by atoms with Crippen molar-refractivity contribution in [3.05, 3.63) is 24.0 Å². The summed E-state index contributed by atoms with van der Waals surface area (Å²) in [7, 11) is 5.02. The fourth-order valence-electron chi connectivity index (χ4n) is 2.92. The molecule has 0 saturated heterocycles. The number of amides is 1. The molecule has 0 saturated carbocycles. The molecule has 2 aromatic rings. The van der Waals surface area contributed by atoms with Crippen LogP contribution in [-0.2, 0) is 9.53 Å². The Morgan fingerprint density at radius 3 is 2.71 bits per heavy atom. The van der Waals surface area contributed by atoms with Crippen molar-refractivity contribution in [1.82, 2.24) is 15.3 Å². The van der Waals surface area contributed by atoms with Crippen molar-refractivity contribution in [1.29, 1.82) is 0 Å². The van der Waals surface area contributed by atoms with Gasteiger partial charge < -0.3 is 30.2 Å². The molecule has 1 aromatic heterocycles. The van der Waals surface area contributed by atoms with E-state index in [2.05, 4.69) is 15.3 Å². The first-order chi connectivity index (χ1) is 13.5. The minimum atomic E-state index is -0.174. The summed E-state index contributed by atoms with van der Waals surface area (Å²) in [6, 6.07) is 3.54. The minimum absolute atomic E-state index is 0.174. The molecule has 28 heavy (non-hydrogen) atoms. The number of fused-ring (bicyclic) bond motifs is 1. The number of nitrogen functional groups attached to an aromatic ring is 1. The van der Waals surface area contributed by atoms with Gasteiger partial charge in [0.15, 0.2) is 17.3 Å². The fraction of sp³-hybridized carbons (Fsp3) is 0.421. The Kier molecular flexibility index (Phi) is 6.03. The number of carbonyl (C=O) groups excluding carboxylic acids is 1. The number of benzene rings is 1. The monoisotopic (exact) mass is 387 g/mol. The largest absolute Gasteiger partial charge is 0.493 e. The number of nitrogens with one attached hydrogen (secondary N) is 1. The first-order valence-electron chi connectivity index (χ1n) is 9.05. The normalized spacial score (nSPS) is 13.0. The van der Waals surface area contributed by atoms with E-state index in [0.29, 0.717) is 59.6 Å². The maximum absolute atomic E-state index is 11.9. The summed E-state index contributed by atoms with van der Waals surface area (Å²) in [6.07, 6.45) is 3.31. The van der Waals surface area contributed by atoms with Crippen LogP contribution in [0.4, 0.5) is 11.8 Å². The highest BCUT2D eigenvalue weighted by molar-refractivity contribution is 5.92. The molecule has 3 N–H and O–H groups in total. The lowest BCUT2D eigenvalue weighted by Crippen LogP contribution is -2.29. The molecule has 9 nitrogen and oxygen atoms in total. The Balaban J connectivity index is 1.64. The molecule has 0 unspecified atom stereocenters. The van der Waals surface area contributed by atoms with Crippen LogP contribution in [0.1, 0.15) is 12.8 Å². The lowest BCUT2D eigenvalue weighted by atomic mass is 10.2. The van der Waals surface area contributed by atoms with Crippen LogP contribution in [0.5, 0.6) is 11.5 Å². The Hall–Kier alpha value is -3.23. The third-order valence-corrected chi connectivity index (χ3v) is 4.44. The van der Waals surface area contributed by atoms with Crippen LogP contribution in [-0.4, -0.2) is 56.8 Å². The molecule has 3 rings (SSSR count). The Labute approximate surface area is 163 Å². The molecule has 150 valence electrons. The molecule has 0 fully saturated rings. The van der Waals surface area contributed by atoms with Gasteiger partial charge in [0, 0.05) is 38.0 Å². The van der Waals surface area contributed by atoms with E-state index in [1.807, 2.05) is 11.9 Å². The predicted molar refractivity (Wildman–Crippen MR) is 107 cm³/mol. The second kappa shape index (κ2) is 8.64. The molecule has 2 heterocycles. The molecule has 1 amide bonds. The van der Waals surface area contributed by atoms with E-state index < -0.39 is 0 Å². The van der Waals surface area contributed by atoms with Crippen LogP contribution in [0.25, 0.3) is 10.9 Å². The van der Waals surface area contributed by atoms with Crippen molar-refractivity contribution >= 4 is 28.6 Å². The number of ether oxygens (including phenoxy) is 3. The van der Waals surface area contributed by atoms with Gasteiger partial charge >= 0.3 is 0 Å². The molecule has 0 radical (unpaired) electrons. The highest BCUT2D eigenvalue weighted by Crippen LogP contribution is 2.33. The molecular weight excluding hydrogens is 362 g/mol. The zero-order chi connectivity index (χ0) is 20.1. The maximum Gasteiger partial charge on any atom is 0.286 e. The van der Waals surface area contributed by atoms with Crippen molar-refractivity contribution in [2.24, 2.45) is 0 Å². The lowest BCUT2D eigenvalue weighted by molar-refractivity contribution is -0.120. The van der Waals surface area contributed by atoms with Gasteiger partial charge in [-0.2, -0.15) is 4.98 Å². The van der Waals surface area contributed by atoms with E-state index in [-0.39, 0.29) is 5.91 Å². The molecule has 9 heteroatoms. The number of anilines is 2. The summed E-state index contributed by atoms with van der Waals surface area (Å²) in [5.74, 6) is 2.25. The van der Waals surface area contributed by atoms with Gasteiger partial charge in [-0.25, -0.2) is 4.98 Å². The number of hydrogen-bond donors (Lipinski definition) is 2. The smallest absolute Gasteiger partial charge is 0.286 e. The van der Waals surface area contributed by atoms with Gasteiger partial charge in [-0.15, -0.1) is 0 Å². The van der Waals surface area contributed by atoms with Gasteiger partial charge in [0.2, 0.25) is 5.95 Å². The number of rotatable bonds is 8. The molecule has 1 aliphatic heterocycles. The summed E-state index contributed by atoms with van der Waals surface area (Å²) < 4.78 is 15.9. The molecular formula is C19H25N5O4. The molecule has 1 aliphatic rings. The van der Waals surface area contributed by atoms with E-state index in [1.54, 1.807) is 32.4 Å². The third kappa shape index (κ3) is 4.19. The van der Waals surface area contributed by atoms with Crippen molar-refractivity contribution in [3.63, 3.8) is 0 Å². The van der Waals surface area contributed by atoms with Crippen LogP contribution in [0.2, 0.25) is 0 Å². The molecule has 0 atom stereocenters. The summed E-state index contributed by atoms with van der Waals surface area (Å²) in [5.41, 5.74) is 6.79. The van der Waals surface area contributed by atoms with Crippen LogP contribution in [0, 0.1) is 0 Å². The Morgan fingerprint density at radius 2 is 2.04 bits per heavy atom. The summed E-state index contributed by atoms with van der Waals surface area (Å²) >= 11 is 0. The van der Waals surface area contributed by atoms with Crippen molar-refractivity contribution in [3.8, 4) is 11.5 Å². The second-order valence-corrected chi connectivity index (χ2v) is 6.37. The van der Waals surface area contributed by atoms with Gasteiger partial charge in [0.1, 0.15) is 5.82 Å². The minimum Gasteiger partial charge on any atom is -0.493 e. The van der Waals surface area contributed by atoms with Gasteiger partial charge in [0.25, 0.3) is 5.91 Å². The zero-order valence-electron chi connectivity index (χ0n) is 16.3. The highest BCUT2D eigenvalue weighted by atomic mass is 16.5. The average Bonchev–Trinajstić information content (AvgIpc) is 3.24. The highest BCUT2D eigenvalue weighted by Gasteiger charge is 2.15. The zero-order valence-corrected chi connectivity index (χ0v) is 16.3. The number of aromatic nitrogens is 2.